The van der Waals surface area contributed by atoms with E-state index in [-0.39, 0.29) is 12.1 Å². The highest BCUT2D eigenvalue weighted by Crippen LogP contribution is 2.15. The molecule has 5 heteroatoms. The zero-order valence-corrected chi connectivity index (χ0v) is 11.9. The fourth-order valence-electron chi connectivity index (χ4n) is 1.57. The lowest BCUT2D eigenvalue weighted by molar-refractivity contribution is 0.232. The highest BCUT2D eigenvalue weighted by atomic mass is 16.5. The first-order valence-electron chi connectivity index (χ1n) is 6.41. The fraction of sp³-hybridized carbons (Fsp3) is 0.692. The molecule has 3 N–H and O–H groups in total. The molecule has 1 aromatic rings. The monoisotopic (exact) mass is 252 g/mol. The van der Waals surface area contributed by atoms with Crippen molar-refractivity contribution in [3.05, 3.63) is 11.8 Å². The van der Waals surface area contributed by atoms with Gasteiger partial charge in [0.1, 0.15) is 0 Å². The molecule has 1 atom stereocenters. The lowest BCUT2D eigenvalue weighted by atomic mass is 10.1. The number of nitrogens with zero attached hydrogens (tertiary/aromatic N) is 2. The number of anilines is 1. The van der Waals surface area contributed by atoms with Crippen LogP contribution in [0, 0.1) is 12.8 Å². The van der Waals surface area contributed by atoms with Crippen LogP contribution < -0.4 is 15.8 Å². The van der Waals surface area contributed by atoms with Crippen LogP contribution in [-0.2, 0) is 0 Å². The number of hydrogen-bond donors (Lipinski definition) is 2. The zero-order valence-electron chi connectivity index (χ0n) is 11.9. The smallest absolute Gasteiger partial charge is 0.226 e. The van der Waals surface area contributed by atoms with E-state index in [9.17, 15) is 0 Å². The van der Waals surface area contributed by atoms with Gasteiger partial charge in [0, 0.05) is 24.3 Å². The summed E-state index contributed by atoms with van der Waals surface area (Å²) in [7, 11) is 0. The zero-order chi connectivity index (χ0) is 13.7. The second-order valence-electron chi connectivity index (χ2n) is 5.07. The van der Waals surface area contributed by atoms with Gasteiger partial charge >= 0.3 is 0 Å². The van der Waals surface area contributed by atoms with E-state index in [1.165, 1.54) is 0 Å². The summed E-state index contributed by atoms with van der Waals surface area (Å²) in [6, 6.07) is 2.00. The Morgan fingerprint density at radius 3 is 2.44 bits per heavy atom. The maximum absolute atomic E-state index is 5.73. The maximum atomic E-state index is 5.73. The minimum atomic E-state index is 0.0996. The molecule has 0 aliphatic heterocycles. The number of hydrogen-bond acceptors (Lipinski definition) is 5. The maximum Gasteiger partial charge on any atom is 0.226 e. The van der Waals surface area contributed by atoms with Crippen molar-refractivity contribution in [2.75, 3.05) is 11.9 Å². The summed E-state index contributed by atoms with van der Waals surface area (Å²) < 4.78 is 5.59. The predicted molar refractivity (Wildman–Crippen MR) is 73.8 cm³/mol. The Balaban J connectivity index is 2.85. The van der Waals surface area contributed by atoms with Crippen LogP contribution in [0.15, 0.2) is 6.07 Å². The van der Waals surface area contributed by atoms with Crippen LogP contribution in [0.4, 0.5) is 5.95 Å². The van der Waals surface area contributed by atoms with Gasteiger partial charge in [-0.15, -0.1) is 0 Å². The van der Waals surface area contributed by atoms with Gasteiger partial charge in [-0.2, -0.15) is 4.98 Å². The first-order chi connectivity index (χ1) is 8.42. The molecule has 0 saturated heterocycles. The van der Waals surface area contributed by atoms with Crippen molar-refractivity contribution in [1.82, 2.24) is 9.97 Å². The van der Waals surface area contributed by atoms with E-state index in [1.54, 1.807) is 0 Å². The van der Waals surface area contributed by atoms with E-state index in [2.05, 4.69) is 29.1 Å². The third-order valence-electron chi connectivity index (χ3n) is 2.56. The van der Waals surface area contributed by atoms with Crippen LogP contribution in [0.2, 0.25) is 0 Å². The predicted octanol–water partition coefficient (Wildman–Crippen LogP) is 1.97. The molecule has 0 amide bonds. The number of nitrogens with one attached hydrogen (secondary N) is 1. The Kier molecular flexibility index (Phi) is 5.34. The summed E-state index contributed by atoms with van der Waals surface area (Å²) >= 11 is 0. The van der Waals surface area contributed by atoms with Crippen molar-refractivity contribution < 1.29 is 4.74 Å². The van der Waals surface area contributed by atoms with Crippen LogP contribution in [0.1, 0.15) is 33.4 Å². The summed E-state index contributed by atoms with van der Waals surface area (Å²) in [6.45, 7) is 10.7. The van der Waals surface area contributed by atoms with Crippen LogP contribution in [-0.4, -0.2) is 28.7 Å². The summed E-state index contributed by atoms with van der Waals surface area (Å²) in [5, 5.41) is 3.26. The topological polar surface area (TPSA) is 73.1 Å². The van der Waals surface area contributed by atoms with Gasteiger partial charge in [-0.25, -0.2) is 4.98 Å². The Morgan fingerprint density at radius 2 is 1.94 bits per heavy atom. The standard InChI is InChI=1S/C13H24N4O/c1-8(2)11(7-14)16-13-15-10(5)6-12(17-13)18-9(3)4/h6,8-9,11H,7,14H2,1-5H3,(H,15,16,17). The van der Waals surface area contributed by atoms with E-state index in [4.69, 9.17) is 10.5 Å². The number of nitrogens with two attached hydrogens (primary N) is 1. The van der Waals surface area contributed by atoms with E-state index >= 15 is 0 Å². The Hall–Kier alpha value is -1.36. The fourth-order valence-corrected chi connectivity index (χ4v) is 1.57. The second-order valence-corrected chi connectivity index (χ2v) is 5.07. The average molecular weight is 252 g/mol. The Bertz CT molecular complexity index is 379. The summed E-state index contributed by atoms with van der Waals surface area (Å²) in [5.41, 5.74) is 6.61. The Labute approximate surface area is 109 Å². The van der Waals surface area contributed by atoms with Gasteiger partial charge < -0.3 is 15.8 Å². The third-order valence-corrected chi connectivity index (χ3v) is 2.56. The molecule has 5 nitrogen and oxygen atoms in total. The molecular weight excluding hydrogens is 228 g/mol. The van der Waals surface area contributed by atoms with E-state index in [0.29, 0.717) is 24.3 Å². The normalized spacial score (nSPS) is 12.9. The van der Waals surface area contributed by atoms with Crippen molar-refractivity contribution in [1.29, 1.82) is 0 Å². The average Bonchev–Trinajstić information content (AvgIpc) is 2.23. The second kappa shape index (κ2) is 6.54. The highest BCUT2D eigenvalue weighted by molar-refractivity contribution is 5.32. The van der Waals surface area contributed by atoms with Crippen LogP contribution in [0.25, 0.3) is 0 Å². The minimum absolute atomic E-state index is 0.0996. The van der Waals surface area contributed by atoms with Gasteiger partial charge in [-0.1, -0.05) is 13.8 Å². The third kappa shape index (κ3) is 4.49. The lowest BCUT2D eigenvalue weighted by Crippen LogP contribution is -2.34. The Morgan fingerprint density at radius 1 is 1.28 bits per heavy atom. The minimum Gasteiger partial charge on any atom is -0.475 e. The molecule has 0 aliphatic carbocycles. The first kappa shape index (κ1) is 14.7. The highest BCUT2D eigenvalue weighted by Gasteiger charge is 2.13. The van der Waals surface area contributed by atoms with Gasteiger partial charge in [0.2, 0.25) is 11.8 Å². The van der Waals surface area contributed by atoms with Crippen LogP contribution in [0.3, 0.4) is 0 Å². The van der Waals surface area contributed by atoms with Crippen LogP contribution >= 0.6 is 0 Å². The van der Waals surface area contributed by atoms with Crippen molar-refractivity contribution in [3.63, 3.8) is 0 Å². The molecule has 0 radical (unpaired) electrons. The van der Waals surface area contributed by atoms with Crippen molar-refractivity contribution in [2.24, 2.45) is 11.7 Å². The van der Waals surface area contributed by atoms with Gasteiger partial charge in [0.15, 0.2) is 0 Å². The van der Waals surface area contributed by atoms with Crippen molar-refractivity contribution in [3.8, 4) is 5.88 Å². The molecule has 0 saturated carbocycles. The van der Waals surface area contributed by atoms with Crippen LogP contribution in [0.5, 0.6) is 5.88 Å². The van der Waals surface area contributed by atoms with Gasteiger partial charge in [-0.3, -0.25) is 0 Å². The molecule has 0 fully saturated rings. The molecule has 1 aromatic heterocycles. The van der Waals surface area contributed by atoms with Gasteiger partial charge in [-0.05, 0) is 26.7 Å². The SMILES string of the molecule is Cc1cc(OC(C)C)nc(NC(CN)C(C)C)n1. The summed E-state index contributed by atoms with van der Waals surface area (Å²) in [5.74, 6) is 1.60. The molecule has 1 heterocycles. The quantitative estimate of drug-likeness (QED) is 0.809. The molecule has 1 rings (SSSR count). The van der Waals surface area contributed by atoms with E-state index in [0.717, 1.165) is 5.69 Å². The van der Waals surface area contributed by atoms with Crippen molar-refractivity contribution >= 4 is 5.95 Å². The lowest BCUT2D eigenvalue weighted by Gasteiger charge is -2.21. The molecule has 0 aliphatic rings. The van der Waals surface area contributed by atoms with Gasteiger partial charge in [0.05, 0.1) is 6.10 Å². The number of rotatable bonds is 6. The molecule has 102 valence electrons. The number of aryl methyl sites for hydroxylation is 1. The summed E-state index contributed by atoms with van der Waals surface area (Å²) in [4.78, 5) is 8.70. The number of ether oxygens (including phenoxy) is 1. The molecule has 18 heavy (non-hydrogen) atoms. The van der Waals surface area contributed by atoms with E-state index in [1.807, 2.05) is 26.8 Å². The van der Waals surface area contributed by atoms with Gasteiger partial charge in [0.25, 0.3) is 0 Å². The van der Waals surface area contributed by atoms with Crippen molar-refractivity contribution in [2.45, 2.75) is 46.8 Å². The molecular formula is C13H24N4O. The van der Waals surface area contributed by atoms with E-state index < -0.39 is 0 Å². The molecule has 0 bridgehead atoms. The summed E-state index contributed by atoms with van der Waals surface area (Å²) in [6.07, 6.45) is 0.0996. The first-order valence-corrected chi connectivity index (χ1v) is 6.41. The largest absolute Gasteiger partial charge is 0.475 e. The molecule has 0 aromatic carbocycles. The molecule has 0 spiro atoms. The molecule has 1 unspecified atom stereocenters. The number of aromatic nitrogens is 2.